The van der Waals surface area contributed by atoms with E-state index in [1.165, 1.54) is 12.6 Å². The van der Waals surface area contributed by atoms with Gasteiger partial charge in [-0.1, -0.05) is 0 Å². The van der Waals surface area contributed by atoms with E-state index in [0.717, 1.165) is 5.56 Å². The lowest BCUT2D eigenvalue weighted by Crippen LogP contribution is -2.02. The fourth-order valence-electron chi connectivity index (χ4n) is 1.65. The average Bonchev–Trinajstić information content (AvgIpc) is 3.04. The van der Waals surface area contributed by atoms with Crippen LogP contribution in [0.4, 0.5) is 5.82 Å². The molecule has 0 unspecified atom stereocenters. The van der Waals surface area contributed by atoms with Crippen molar-refractivity contribution in [1.82, 2.24) is 19.9 Å². The van der Waals surface area contributed by atoms with E-state index in [1.54, 1.807) is 12.4 Å². The second-order valence-corrected chi connectivity index (χ2v) is 3.56. The highest BCUT2D eigenvalue weighted by molar-refractivity contribution is 5.81. The fraction of sp³-hybridized carbons (Fsp3) is 0.0909. The quantitative estimate of drug-likeness (QED) is 0.717. The molecule has 2 N–H and O–H groups in total. The number of aromatic nitrogens is 4. The van der Waals surface area contributed by atoms with Crippen molar-refractivity contribution in [3.63, 3.8) is 0 Å². The highest BCUT2D eigenvalue weighted by atomic mass is 16.3. The van der Waals surface area contributed by atoms with Crippen LogP contribution in [0.1, 0.15) is 11.3 Å². The first-order valence-electron chi connectivity index (χ1n) is 5.23. The van der Waals surface area contributed by atoms with Crippen molar-refractivity contribution in [2.75, 3.05) is 5.32 Å². The normalized spacial score (nSPS) is 10.4. The van der Waals surface area contributed by atoms with E-state index in [-0.39, 0.29) is 0 Å². The van der Waals surface area contributed by atoms with Crippen LogP contribution >= 0.6 is 0 Å². The van der Waals surface area contributed by atoms with Gasteiger partial charge in [-0.05, 0) is 6.07 Å². The maximum atomic E-state index is 8.83. The predicted octanol–water partition coefficient (Wildman–Crippen LogP) is 1.43. The minimum atomic E-state index is 0.301. The molecule has 3 heterocycles. The number of anilines is 1. The summed E-state index contributed by atoms with van der Waals surface area (Å²) in [6, 6.07) is 3.73. The molecule has 3 aromatic heterocycles. The molecule has 18 heavy (non-hydrogen) atoms. The standard InChI is InChI=1S/C11H8N6O/c12-3-8-7(1-2-18-8)4-13-10-9-11(15-5-14-9)17-6-16-10/h1-2,5-6H,4H2,(H2,13,14,15,16,17). The van der Waals surface area contributed by atoms with Gasteiger partial charge in [0.25, 0.3) is 0 Å². The average molecular weight is 240 g/mol. The molecule has 3 rings (SSSR count). The molecule has 0 saturated carbocycles. The molecule has 0 aliphatic rings. The van der Waals surface area contributed by atoms with E-state index < -0.39 is 0 Å². The van der Waals surface area contributed by atoms with Gasteiger partial charge in [0.05, 0.1) is 12.6 Å². The van der Waals surface area contributed by atoms with Gasteiger partial charge in [0.15, 0.2) is 11.5 Å². The smallest absolute Gasteiger partial charge is 0.208 e. The van der Waals surface area contributed by atoms with Crippen molar-refractivity contribution in [1.29, 1.82) is 5.26 Å². The van der Waals surface area contributed by atoms with Gasteiger partial charge < -0.3 is 14.7 Å². The molecular formula is C11H8N6O. The summed E-state index contributed by atoms with van der Waals surface area (Å²) in [5.41, 5.74) is 2.11. The molecule has 88 valence electrons. The van der Waals surface area contributed by atoms with Gasteiger partial charge >= 0.3 is 0 Å². The fourth-order valence-corrected chi connectivity index (χ4v) is 1.65. The molecule has 3 aromatic rings. The van der Waals surface area contributed by atoms with Gasteiger partial charge in [0, 0.05) is 12.1 Å². The monoisotopic (exact) mass is 240 g/mol. The van der Waals surface area contributed by atoms with E-state index in [1.807, 2.05) is 6.07 Å². The third-order valence-electron chi connectivity index (χ3n) is 2.51. The molecule has 0 radical (unpaired) electrons. The molecule has 0 aliphatic heterocycles. The summed E-state index contributed by atoms with van der Waals surface area (Å²) in [4.78, 5) is 15.2. The van der Waals surface area contributed by atoms with Crippen molar-refractivity contribution in [3.8, 4) is 6.07 Å². The summed E-state index contributed by atoms with van der Waals surface area (Å²) in [6.07, 6.45) is 4.49. The van der Waals surface area contributed by atoms with Gasteiger partial charge in [-0.2, -0.15) is 5.26 Å². The molecule has 0 bridgehead atoms. The van der Waals surface area contributed by atoms with E-state index >= 15 is 0 Å². The molecule has 0 saturated heterocycles. The van der Waals surface area contributed by atoms with Crippen LogP contribution in [0, 0.1) is 11.3 Å². The number of H-pyrrole nitrogens is 1. The number of rotatable bonds is 3. The Morgan fingerprint density at radius 3 is 3.22 bits per heavy atom. The second kappa shape index (κ2) is 4.18. The Kier molecular flexibility index (Phi) is 2.39. The molecular weight excluding hydrogens is 232 g/mol. The van der Waals surface area contributed by atoms with Crippen LogP contribution in [0.25, 0.3) is 11.2 Å². The molecule has 0 atom stereocenters. The van der Waals surface area contributed by atoms with E-state index in [2.05, 4.69) is 25.3 Å². The first-order valence-corrected chi connectivity index (χ1v) is 5.23. The van der Waals surface area contributed by atoms with Crippen molar-refractivity contribution in [2.45, 2.75) is 6.54 Å². The van der Waals surface area contributed by atoms with E-state index in [0.29, 0.717) is 29.3 Å². The Balaban J connectivity index is 1.86. The number of hydrogen-bond donors (Lipinski definition) is 2. The maximum Gasteiger partial charge on any atom is 0.208 e. The third-order valence-corrected chi connectivity index (χ3v) is 2.51. The lowest BCUT2D eigenvalue weighted by atomic mass is 10.2. The van der Waals surface area contributed by atoms with Gasteiger partial charge in [0.2, 0.25) is 5.76 Å². The first kappa shape index (κ1) is 10.3. The van der Waals surface area contributed by atoms with Crippen LogP contribution in [-0.4, -0.2) is 19.9 Å². The van der Waals surface area contributed by atoms with Crippen molar-refractivity contribution < 1.29 is 4.42 Å². The first-order chi connectivity index (χ1) is 8.88. The number of nitrogens with zero attached hydrogens (tertiary/aromatic N) is 4. The summed E-state index contributed by atoms with van der Waals surface area (Å²) in [7, 11) is 0. The molecule has 0 aromatic carbocycles. The van der Waals surface area contributed by atoms with E-state index in [4.69, 9.17) is 9.68 Å². The molecule has 7 nitrogen and oxygen atoms in total. The summed E-state index contributed by atoms with van der Waals surface area (Å²) >= 11 is 0. The number of imidazole rings is 1. The minimum absolute atomic E-state index is 0.301. The van der Waals surface area contributed by atoms with Crippen molar-refractivity contribution >= 4 is 17.0 Å². The van der Waals surface area contributed by atoms with Crippen LogP contribution in [-0.2, 0) is 6.54 Å². The SMILES string of the molecule is N#Cc1occc1CNc1ncnc2[nH]cnc12. The molecule has 0 spiro atoms. The summed E-state index contributed by atoms with van der Waals surface area (Å²) in [5, 5.41) is 11.9. The zero-order valence-electron chi connectivity index (χ0n) is 9.21. The second-order valence-electron chi connectivity index (χ2n) is 3.56. The maximum absolute atomic E-state index is 8.83. The molecule has 0 aliphatic carbocycles. The van der Waals surface area contributed by atoms with Crippen LogP contribution in [0.15, 0.2) is 29.4 Å². The van der Waals surface area contributed by atoms with Crippen LogP contribution in [0.5, 0.6) is 0 Å². The van der Waals surface area contributed by atoms with E-state index in [9.17, 15) is 0 Å². The number of fused-ring (bicyclic) bond motifs is 1. The summed E-state index contributed by atoms with van der Waals surface area (Å²) < 4.78 is 5.02. The van der Waals surface area contributed by atoms with Gasteiger partial charge in [-0.15, -0.1) is 0 Å². The molecule has 0 amide bonds. The van der Waals surface area contributed by atoms with Crippen LogP contribution in [0.3, 0.4) is 0 Å². The zero-order valence-corrected chi connectivity index (χ0v) is 9.21. The van der Waals surface area contributed by atoms with Gasteiger partial charge in [-0.25, -0.2) is 15.0 Å². The minimum Gasteiger partial charge on any atom is -0.453 e. The topological polar surface area (TPSA) is 103 Å². The predicted molar refractivity (Wildman–Crippen MR) is 62.4 cm³/mol. The number of aromatic amines is 1. The molecule has 0 fully saturated rings. The van der Waals surface area contributed by atoms with Gasteiger partial charge in [0.1, 0.15) is 17.9 Å². The zero-order chi connectivity index (χ0) is 12.4. The van der Waals surface area contributed by atoms with Crippen molar-refractivity contribution in [3.05, 3.63) is 36.3 Å². The Morgan fingerprint density at radius 2 is 2.33 bits per heavy atom. The summed E-state index contributed by atoms with van der Waals surface area (Å²) in [5.74, 6) is 0.918. The highest BCUT2D eigenvalue weighted by Crippen LogP contribution is 2.16. The number of hydrogen-bond acceptors (Lipinski definition) is 6. The Hall–Kier alpha value is -2.88. The Bertz CT molecular complexity index is 722. The number of furan rings is 1. The van der Waals surface area contributed by atoms with Crippen LogP contribution in [0.2, 0.25) is 0 Å². The van der Waals surface area contributed by atoms with Crippen LogP contribution < -0.4 is 5.32 Å². The number of nitrogens with one attached hydrogen (secondary N) is 2. The lowest BCUT2D eigenvalue weighted by molar-refractivity contribution is 0.549. The third kappa shape index (κ3) is 1.66. The Labute approximate surface area is 102 Å². The largest absolute Gasteiger partial charge is 0.453 e. The van der Waals surface area contributed by atoms with Crippen molar-refractivity contribution in [2.24, 2.45) is 0 Å². The molecule has 7 heteroatoms. The summed E-state index contributed by atoms with van der Waals surface area (Å²) in [6.45, 7) is 0.443. The van der Waals surface area contributed by atoms with Gasteiger partial charge in [-0.3, -0.25) is 0 Å². The number of nitriles is 1. The lowest BCUT2D eigenvalue weighted by Gasteiger charge is -2.03. The Morgan fingerprint density at radius 1 is 1.39 bits per heavy atom. The highest BCUT2D eigenvalue weighted by Gasteiger charge is 2.08.